The van der Waals surface area contributed by atoms with Crippen LogP contribution in [0.2, 0.25) is 0 Å². The Hall–Kier alpha value is -3.09. The molecule has 0 fully saturated rings. The summed E-state index contributed by atoms with van der Waals surface area (Å²) in [6.45, 7) is 2.02. The van der Waals surface area contributed by atoms with Gasteiger partial charge in [-0.05, 0) is 29.3 Å². The molecule has 0 radical (unpaired) electrons. The lowest BCUT2D eigenvalue weighted by Crippen LogP contribution is -2.18. The molecule has 0 amide bonds. The molecule has 3 rings (SSSR count). The summed E-state index contributed by atoms with van der Waals surface area (Å²) in [6.07, 6.45) is 2.03. The van der Waals surface area contributed by atoms with Crippen LogP contribution >= 0.6 is 0 Å². The average Bonchev–Trinajstić information content (AvgIpc) is 3.21. The third kappa shape index (κ3) is 3.39. The molecule has 0 aliphatic rings. The predicted octanol–water partition coefficient (Wildman–Crippen LogP) is 1.69. The molecule has 0 unspecified atom stereocenters. The maximum Gasteiger partial charge on any atom is 0.269 e. The molecule has 0 aliphatic heterocycles. The van der Waals surface area contributed by atoms with Crippen molar-refractivity contribution in [2.45, 2.75) is 19.8 Å². The first kappa shape index (κ1) is 14.8. The number of aromatic nitrogens is 4. The van der Waals surface area contributed by atoms with Crippen molar-refractivity contribution in [3.63, 3.8) is 0 Å². The highest BCUT2D eigenvalue weighted by Gasteiger charge is 2.23. The average molecular weight is 310 g/mol. The number of H-pyrrole nitrogens is 1. The molecule has 23 heavy (non-hydrogen) atoms. The Balaban J connectivity index is 1.72. The fraction of sp³-hybridized carbons (Fsp3) is 0.188. The van der Waals surface area contributed by atoms with Crippen LogP contribution in [0.15, 0.2) is 41.0 Å². The normalized spacial score (nSPS) is 10.7. The standard InChI is InChI=1S/C16H14N4O3/c1-10-2-4-11(5-3-10)8-12-6-7-23-14(12)9-13(21)15(22)16-17-19-20-18-16/h2-7H,8-9H2,1H3,(H,17,18,19,20). The zero-order chi connectivity index (χ0) is 16.2. The number of hydrogen-bond donors (Lipinski definition) is 1. The van der Waals surface area contributed by atoms with E-state index in [0.717, 1.165) is 11.1 Å². The van der Waals surface area contributed by atoms with Gasteiger partial charge in [0.05, 0.1) is 12.7 Å². The van der Waals surface area contributed by atoms with Crippen molar-refractivity contribution in [1.82, 2.24) is 20.6 Å². The van der Waals surface area contributed by atoms with Crippen LogP contribution < -0.4 is 0 Å². The molecule has 0 atom stereocenters. The Morgan fingerprint density at radius 3 is 2.65 bits per heavy atom. The summed E-state index contributed by atoms with van der Waals surface area (Å²) in [5, 5.41) is 12.4. The van der Waals surface area contributed by atoms with E-state index in [1.807, 2.05) is 31.2 Å². The summed E-state index contributed by atoms with van der Waals surface area (Å²) >= 11 is 0. The molecule has 2 heterocycles. The lowest BCUT2D eigenvalue weighted by atomic mass is 10.0. The molecule has 0 saturated heterocycles. The first-order valence-electron chi connectivity index (χ1n) is 7.05. The molecule has 0 saturated carbocycles. The molecule has 0 aliphatic carbocycles. The lowest BCUT2D eigenvalue weighted by Gasteiger charge is -2.03. The van der Waals surface area contributed by atoms with Gasteiger partial charge in [0.2, 0.25) is 11.6 Å². The number of nitrogens with zero attached hydrogens (tertiary/aromatic N) is 3. The van der Waals surface area contributed by atoms with Crippen LogP contribution in [0.1, 0.15) is 33.1 Å². The van der Waals surface area contributed by atoms with E-state index in [4.69, 9.17) is 4.42 Å². The van der Waals surface area contributed by atoms with Gasteiger partial charge in [0.1, 0.15) is 5.76 Å². The Labute approximate surface area is 131 Å². The number of tetrazole rings is 1. The highest BCUT2D eigenvalue weighted by Crippen LogP contribution is 2.17. The molecule has 7 heteroatoms. The van der Waals surface area contributed by atoms with Crippen LogP contribution in [0.5, 0.6) is 0 Å². The maximum absolute atomic E-state index is 12.0. The quantitative estimate of drug-likeness (QED) is 0.549. The van der Waals surface area contributed by atoms with Gasteiger partial charge in [0.25, 0.3) is 5.78 Å². The molecule has 1 aromatic carbocycles. The number of Topliss-reactive ketones (excluding diaryl/α,β-unsaturated/α-hetero) is 2. The summed E-state index contributed by atoms with van der Waals surface area (Å²) in [4.78, 5) is 23.9. The summed E-state index contributed by atoms with van der Waals surface area (Å²) in [5.41, 5.74) is 3.17. The van der Waals surface area contributed by atoms with Crippen molar-refractivity contribution < 1.29 is 14.0 Å². The Morgan fingerprint density at radius 1 is 1.17 bits per heavy atom. The van der Waals surface area contributed by atoms with Gasteiger partial charge in [-0.3, -0.25) is 9.59 Å². The molecule has 0 spiro atoms. The molecule has 116 valence electrons. The number of carbonyl (C=O) groups is 2. The van der Waals surface area contributed by atoms with E-state index in [0.29, 0.717) is 12.2 Å². The number of hydrogen-bond acceptors (Lipinski definition) is 6. The Bertz CT molecular complexity index is 819. The van der Waals surface area contributed by atoms with E-state index in [2.05, 4.69) is 20.6 Å². The summed E-state index contributed by atoms with van der Waals surface area (Å²) in [6, 6.07) is 9.91. The van der Waals surface area contributed by atoms with Crippen LogP contribution in [-0.2, 0) is 17.6 Å². The maximum atomic E-state index is 12.0. The van der Waals surface area contributed by atoms with E-state index in [9.17, 15) is 9.59 Å². The van der Waals surface area contributed by atoms with E-state index in [-0.39, 0.29) is 12.2 Å². The van der Waals surface area contributed by atoms with Crippen molar-refractivity contribution in [3.05, 3.63) is 64.9 Å². The largest absolute Gasteiger partial charge is 0.469 e. The van der Waals surface area contributed by atoms with Gasteiger partial charge in [0, 0.05) is 6.42 Å². The van der Waals surface area contributed by atoms with Gasteiger partial charge in [-0.1, -0.05) is 29.8 Å². The summed E-state index contributed by atoms with van der Waals surface area (Å²) < 4.78 is 5.36. The second-order valence-electron chi connectivity index (χ2n) is 5.20. The smallest absolute Gasteiger partial charge is 0.269 e. The van der Waals surface area contributed by atoms with Gasteiger partial charge in [-0.2, -0.15) is 5.21 Å². The Kier molecular flexibility index (Phi) is 4.09. The van der Waals surface area contributed by atoms with Crippen molar-refractivity contribution in [2.75, 3.05) is 0 Å². The van der Waals surface area contributed by atoms with E-state index < -0.39 is 11.6 Å². The number of aromatic amines is 1. The SMILES string of the molecule is Cc1ccc(Cc2ccoc2CC(=O)C(=O)c2nn[nH]n2)cc1. The minimum atomic E-state index is -0.781. The number of rotatable bonds is 6. The van der Waals surface area contributed by atoms with E-state index in [1.165, 1.54) is 11.8 Å². The van der Waals surface area contributed by atoms with Crippen LogP contribution in [0.3, 0.4) is 0 Å². The van der Waals surface area contributed by atoms with Crippen LogP contribution in [0.4, 0.5) is 0 Å². The minimum absolute atomic E-state index is 0.123. The van der Waals surface area contributed by atoms with Crippen LogP contribution in [0, 0.1) is 6.92 Å². The summed E-state index contributed by atoms with van der Waals surface area (Å²) in [5.74, 6) is -1.17. The predicted molar refractivity (Wildman–Crippen MR) is 79.9 cm³/mol. The number of furan rings is 1. The lowest BCUT2D eigenvalue weighted by molar-refractivity contribution is -0.114. The monoisotopic (exact) mass is 310 g/mol. The first-order chi connectivity index (χ1) is 11.1. The van der Waals surface area contributed by atoms with Crippen molar-refractivity contribution in [2.24, 2.45) is 0 Å². The second kappa shape index (κ2) is 6.35. The molecular weight excluding hydrogens is 296 g/mol. The van der Waals surface area contributed by atoms with E-state index >= 15 is 0 Å². The second-order valence-corrected chi connectivity index (χ2v) is 5.20. The molecule has 0 bridgehead atoms. The van der Waals surface area contributed by atoms with E-state index in [1.54, 1.807) is 6.07 Å². The number of aryl methyl sites for hydroxylation is 1. The van der Waals surface area contributed by atoms with Gasteiger partial charge >= 0.3 is 0 Å². The molecule has 3 aromatic rings. The Morgan fingerprint density at radius 2 is 1.96 bits per heavy atom. The van der Waals surface area contributed by atoms with Crippen molar-refractivity contribution in [1.29, 1.82) is 0 Å². The number of ketones is 2. The fourth-order valence-corrected chi connectivity index (χ4v) is 2.21. The van der Waals surface area contributed by atoms with Crippen LogP contribution in [0.25, 0.3) is 0 Å². The van der Waals surface area contributed by atoms with Gasteiger partial charge in [0.15, 0.2) is 0 Å². The number of nitrogens with one attached hydrogen (secondary N) is 1. The fourth-order valence-electron chi connectivity index (χ4n) is 2.21. The van der Waals surface area contributed by atoms with Gasteiger partial charge < -0.3 is 4.42 Å². The van der Waals surface area contributed by atoms with Crippen LogP contribution in [-0.4, -0.2) is 32.2 Å². The molecule has 1 N–H and O–H groups in total. The van der Waals surface area contributed by atoms with Gasteiger partial charge in [-0.15, -0.1) is 10.2 Å². The number of carbonyl (C=O) groups excluding carboxylic acids is 2. The van der Waals surface area contributed by atoms with Crippen molar-refractivity contribution in [3.8, 4) is 0 Å². The topological polar surface area (TPSA) is 102 Å². The molecule has 7 nitrogen and oxygen atoms in total. The first-order valence-corrected chi connectivity index (χ1v) is 7.05. The van der Waals surface area contributed by atoms with Crippen molar-refractivity contribution >= 4 is 11.6 Å². The zero-order valence-corrected chi connectivity index (χ0v) is 12.4. The van der Waals surface area contributed by atoms with Gasteiger partial charge in [-0.25, -0.2) is 0 Å². The third-order valence-electron chi connectivity index (χ3n) is 3.48. The highest BCUT2D eigenvalue weighted by atomic mass is 16.3. The summed E-state index contributed by atoms with van der Waals surface area (Å²) in [7, 11) is 0. The number of benzene rings is 1. The molecular formula is C16H14N4O3. The highest BCUT2D eigenvalue weighted by molar-refractivity contribution is 6.42. The third-order valence-corrected chi connectivity index (χ3v) is 3.48. The zero-order valence-electron chi connectivity index (χ0n) is 12.4. The molecule has 2 aromatic heterocycles. The minimum Gasteiger partial charge on any atom is -0.469 e.